The predicted octanol–water partition coefficient (Wildman–Crippen LogP) is 2.36. The van der Waals surface area contributed by atoms with Crippen LogP contribution < -0.4 is 9.80 Å². The molecular formula is C12H20ClN5. The zero-order valence-electron chi connectivity index (χ0n) is 11.2. The van der Waals surface area contributed by atoms with Gasteiger partial charge >= 0.3 is 0 Å². The van der Waals surface area contributed by atoms with Gasteiger partial charge in [0.25, 0.3) is 0 Å². The summed E-state index contributed by atoms with van der Waals surface area (Å²) in [6.45, 7) is 3.19. The standard InChI is InChI=1S/C12H20ClN5/c1-4-5-8-18(9-6-7-9)12-15-10(13)14-11(16-12)17(2)3/h9H,4-8H2,1-3H3. The van der Waals surface area contributed by atoms with Gasteiger partial charge in [-0.1, -0.05) is 13.3 Å². The molecule has 0 N–H and O–H groups in total. The largest absolute Gasteiger partial charge is 0.347 e. The summed E-state index contributed by atoms with van der Waals surface area (Å²) >= 11 is 5.98. The van der Waals surface area contributed by atoms with Crippen LogP contribution in [-0.4, -0.2) is 41.6 Å². The van der Waals surface area contributed by atoms with Crippen molar-refractivity contribution in [2.24, 2.45) is 0 Å². The minimum atomic E-state index is 0.269. The zero-order valence-corrected chi connectivity index (χ0v) is 12.0. The summed E-state index contributed by atoms with van der Waals surface area (Å²) in [5.41, 5.74) is 0. The van der Waals surface area contributed by atoms with Crippen LogP contribution in [0.1, 0.15) is 32.6 Å². The Morgan fingerprint density at radius 2 is 1.83 bits per heavy atom. The summed E-state index contributed by atoms with van der Waals surface area (Å²) < 4.78 is 0. The second-order valence-electron chi connectivity index (χ2n) is 4.88. The fraction of sp³-hybridized carbons (Fsp3) is 0.750. The van der Waals surface area contributed by atoms with E-state index in [-0.39, 0.29) is 5.28 Å². The number of aromatic nitrogens is 3. The predicted molar refractivity (Wildman–Crippen MR) is 74.4 cm³/mol. The summed E-state index contributed by atoms with van der Waals surface area (Å²) in [5.74, 6) is 1.33. The summed E-state index contributed by atoms with van der Waals surface area (Å²) in [6.07, 6.45) is 4.77. The number of hydrogen-bond donors (Lipinski definition) is 0. The van der Waals surface area contributed by atoms with E-state index >= 15 is 0 Å². The van der Waals surface area contributed by atoms with Gasteiger partial charge in [0.05, 0.1) is 0 Å². The molecule has 1 heterocycles. The Bertz CT molecular complexity index is 405. The second kappa shape index (κ2) is 5.69. The minimum absolute atomic E-state index is 0.269. The summed E-state index contributed by atoms with van der Waals surface area (Å²) in [5, 5.41) is 0.269. The molecule has 0 spiro atoms. The van der Waals surface area contributed by atoms with Crippen molar-refractivity contribution in [2.75, 3.05) is 30.4 Å². The third-order valence-corrected chi connectivity index (χ3v) is 3.15. The van der Waals surface area contributed by atoms with Crippen LogP contribution in [0.2, 0.25) is 5.28 Å². The molecule has 0 aliphatic heterocycles. The lowest BCUT2D eigenvalue weighted by molar-refractivity contribution is 0.690. The van der Waals surface area contributed by atoms with Gasteiger partial charge in [0, 0.05) is 26.7 Å². The van der Waals surface area contributed by atoms with Crippen LogP contribution >= 0.6 is 11.6 Å². The van der Waals surface area contributed by atoms with E-state index in [0.717, 1.165) is 18.9 Å². The van der Waals surface area contributed by atoms with Gasteiger partial charge in [-0.15, -0.1) is 0 Å². The first-order valence-corrected chi connectivity index (χ1v) is 6.85. The molecule has 18 heavy (non-hydrogen) atoms. The van der Waals surface area contributed by atoms with Crippen LogP contribution in [0.3, 0.4) is 0 Å². The summed E-state index contributed by atoms with van der Waals surface area (Å²) in [6, 6.07) is 0.588. The fourth-order valence-corrected chi connectivity index (χ4v) is 1.97. The maximum Gasteiger partial charge on any atom is 0.231 e. The lowest BCUT2D eigenvalue weighted by Crippen LogP contribution is -2.29. The third-order valence-electron chi connectivity index (χ3n) is 2.98. The van der Waals surface area contributed by atoms with E-state index in [4.69, 9.17) is 11.6 Å². The number of rotatable bonds is 6. The van der Waals surface area contributed by atoms with Crippen molar-refractivity contribution < 1.29 is 0 Å². The first-order valence-electron chi connectivity index (χ1n) is 6.47. The SMILES string of the molecule is CCCCN(c1nc(Cl)nc(N(C)C)n1)C1CC1. The van der Waals surface area contributed by atoms with E-state index in [9.17, 15) is 0 Å². The van der Waals surface area contributed by atoms with E-state index < -0.39 is 0 Å². The lowest BCUT2D eigenvalue weighted by Gasteiger charge is -2.23. The van der Waals surface area contributed by atoms with E-state index in [1.54, 1.807) is 0 Å². The first-order chi connectivity index (χ1) is 8.61. The Morgan fingerprint density at radius 1 is 1.17 bits per heavy atom. The highest BCUT2D eigenvalue weighted by Crippen LogP contribution is 2.30. The van der Waals surface area contributed by atoms with Gasteiger partial charge in [-0.2, -0.15) is 15.0 Å². The van der Waals surface area contributed by atoms with E-state index in [0.29, 0.717) is 12.0 Å². The first kappa shape index (κ1) is 13.3. The van der Waals surface area contributed by atoms with Crippen molar-refractivity contribution in [3.8, 4) is 0 Å². The highest BCUT2D eigenvalue weighted by atomic mass is 35.5. The van der Waals surface area contributed by atoms with Crippen molar-refractivity contribution in [1.29, 1.82) is 0 Å². The van der Waals surface area contributed by atoms with Crippen LogP contribution in [0.25, 0.3) is 0 Å². The Balaban J connectivity index is 2.23. The molecule has 6 heteroatoms. The van der Waals surface area contributed by atoms with Crippen LogP contribution in [0.15, 0.2) is 0 Å². The van der Waals surface area contributed by atoms with Crippen LogP contribution in [0.4, 0.5) is 11.9 Å². The monoisotopic (exact) mass is 269 g/mol. The number of halogens is 1. The molecule has 1 aromatic heterocycles. The van der Waals surface area contributed by atoms with Crippen LogP contribution in [0.5, 0.6) is 0 Å². The molecule has 1 fully saturated rings. The van der Waals surface area contributed by atoms with Gasteiger partial charge in [0.15, 0.2) is 0 Å². The van der Waals surface area contributed by atoms with Gasteiger partial charge in [0.2, 0.25) is 17.2 Å². The van der Waals surface area contributed by atoms with Crippen molar-refractivity contribution in [1.82, 2.24) is 15.0 Å². The van der Waals surface area contributed by atoms with Crippen LogP contribution in [-0.2, 0) is 0 Å². The molecule has 0 radical (unpaired) electrons. The summed E-state index contributed by atoms with van der Waals surface area (Å²) in [7, 11) is 3.81. The van der Waals surface area contributed by atoms with Gasteiger partial charge in [-0.25, -0.2) is 0 Å². The average molecular weight is 270 g/mol. The number of anilines is 2. The Kier molecular flexibility index (Phi) is 4.22. The van der Waals surface area contributed by atoms with Gasteiger partial charge in [-0.3, -0.25) is 0 Å². The highest BCUT2D eigenvalue weighted by molar-refractivity contribution is 6.28. The molecule has 0 bridgehead atoms. The maximum absolute atomic E-state index is 5.98. The second-order valence-corrected chi connectivity index (χ2v) is 5.22. The Hall–Kier alpha value is -1.10. The fourth-order valence-electron chi connectivity index (χ4n) is 1.82. The summed E-state index contributed by atoms with van der Waals surface area (Å²) in [4.78, 5) is 17.0. The van der Waals surface area contributed by atoms with Crippen molar-refractivity contribution in [3.63, 3.8) is 0 Å². The molecule has 1 saturated carbocycles. The molecule has 1 aliphatic rings. The van der Waals surface area contributed by atoms with Crippen molar-refractivity contribution in [3.05, 3.63) is 5.28 Å². The smallest absolute Gasteiger partial charge is 0.231 e. The average Bonchev–Trinajstić information content (AvgIpc) is 3.13. The normalized spacial score (nSPS) is 14.7. The van der Waals surface area contributed by atoms with Gasteiger partial charge in [0.1, 0.15) is 0 Å². The topological polar surface area (TPSA) is 45.2 Å². The van der Waals surface area contributed by atoms with E-state index in [2.05, 4.69) is 26.8 Å². The lowest BCUT2D eigenvalue weighted by atomic mass is 10.3. The molecule has 5 nitrogen and oxygen atoms in total. The van der Waals surface area contributed by atoms with Gasteiger partial charge < -0.3 is 9.80 Å². The molecule has 0 atom stereocenters. The molecule has 0 unspecified atom stereocenters. The van der Waals surface area contributed by atoms with Crippen LogP contribution in [0, 0.1) is 0 Å². The minimum Gasteiger partial charge on any atom is -0.347 e. The molecule has 2 rings (SSSR count). The maximum atomic E-state index is 5.98. The van der Waals surface area contributed by atoms with Gasteiger partial charge in [-0.05, 0) is 30.9 Å². The molecule has 0 saturated heterocycles. The molecule has 0 aromatic carbocycles. The molecule has 0 amide bonds. The molecule has 1 aliphatic carbocycles. The number of hydrogen-bond acceptors (Lipinski definition) is 5. The van der Waals surface area contributed by atoms with E-state index in [1.807, 2.05) is 19.0 Å². The zero-order chi connectivity index (χ0) is 13.1. The number of unbranched alkanes of at least 4 members (excludes halogenated alkanes) is 1. The third kappa shape index (κ3) is 3.22. The number of nitrogens with zero attached hydrogens (tertiary/aromatic N) is 5. The van der Waals surface area contributed by atoms with Crippen molar-refractivity contribution >= 4 is 23.5 Å². The quantitative estimate of drug-likeness (QED) is 0.793. The Labute approximate surface area is 113 Å². The van der Waals surface area contributed by atoms with Crippen molar-refractivity contribution in [2.45, 2.75) is 38.6 Å². The highest BCUT2D eigenvalue weighted by Gasteiger charge is 2.31. The molecule has 1 aromatic rings. The Morgan fingerprint density at radius 3 is 2.39 bits per heavy atom. The molecular weight excluding hydrogens is 250 g/mol. The van der Waals surface area contributed by atoms with E-state index in [1.165, 1.54) is 19.3 Å². The molecule has 100 valence electrons.